The highest BCUT2D eigenvalue weighted by Gasteiger charge is 2.04. The molecule has 4 heteroatoms. The first-order valence-corrected chi connectivity index (χ1v) is 4.54. The summed E-state index contributed by atoms with van der Waals surface area (Å²) in [6.45, 7) is 0.505. The number of nitrogens with two attached hydrogens (primary N) is 2. The van der Waals surface area contributed by atoms with Gasteiger partial charge in [0.25, 0.3) is 0 Å². The molecule has 0 aliphatic carbocycles. The van der Waals surface area contributed by atoms with Gasteiger partial charge in [0.05, 0.1) is 0 Å². The molecule has 4 nitrogen and oxygen atoms in total. The van der Waals surface area contributed by atoms with Crippen molar-refractivity contribution < 1.29 is 4.79 Å². The van der Waals surface area contributed by atoms with E-state index >= 15 is 0 Å². The number of hydrogen-bond donors (Lipinski definition) is 3. The lowest BCUT2D eigenvalue weighted by molar-refractivity contribution is 0.248. The lowest BCUT2D eigenvalue weighted by Gasteiger charge is -2.11. The second kappa shape index (κ2) is 5.24. The van der Waals surface area contributed by atoms with E-state index in [0.29, 0.717) is 13.0 Å². The molecule has 0 radical (unpaired) electrons. The number of rotatable bonds is 4. The number of hydrogen-bond acceptors (Lipinski definition) is 2. The maximum absolute atomic E-state index is 10.4. The van der Waals surface area contributed by atoms with E-state index in [9.17, 15) is 4.79 Å². The normalized spacial score (nSPS) is 12.1. The molecule has 1 aromatic carbocycles. The number of primary amides is 1. The molecule has 1 atom stereocenters. The van der Waals surface area contributed by atoms with Crippen LogP contribution in [0.25, 0.3) is 0 Å². The Bertz CT molecular complexity index is 287. The quantitative estimate of drug-likeness (QED) is 0.659. The summed E-state index contributed by atoms with van der Waals surface area (Å²) >= 11 is 0. The Morgan fingerprint density at radius 2 is 2.00 bits per heavy atom. The predicted molar refractivity (Wildman–Crippen MR) is 55.6 cm³/mol. The number of nitrogens with one attached hydrogen (secondary N) is 1. The highest BCUT2D eigenvalue weighted by Crippen LogP contribution is 2.11. The summed E-state index contributed by atoms with van der Waals surface area (Å²) in [6.07, 6.45) is 0.687. The highest BCUT2D eigenvalue weighted by molar-refractivity contribution is 5.71. The van der Waals surface area contributed by atoms with Crippen molar-refractivity contribution in [1.29, 1.82) is 0 Å². The molecule has 0 aliphatic rings. The SMILES string of the molecule is NC(=O)NCCC(N)c1ccccc1. The molecule has 5 N–H and O–H groups in total. The summed E-state index contributed by atoms with van der Waals surface area (Å²) in [7, 11) is 0. The van der Waals surface area contributed by atoms with Crippen LogP contribution in [0.3, 0.4) is 0 Å². The zero-order valence-corrected chi connectivity index (χ0v) is 7.94. The molecule has 0 saturated heterocycles. The van der Waals surface area contributed by atoms with Crippen LogP contribution in [0.5, 0.6) is 0 Å². The van der Waals surface area contributed by atoms with E-state index in [1.165, 1.54) is 0 Å². The largest absolute Gasteiger partial charge is 0.352 e. The zero-order valence-electron chi connectivity index (χ0n) is 7.94. The molecule has 0 fully saturated rings. The molecule has 1 unspecified atom stereocenters. The smallest absolute Gasteiger partial charge is 0.312 e. The first-order valence-electron chi connectivity index (χ1n) is 4.54. The van der Waals surface area contributed by atoms with Crippen molar-refractivity contribution in [1.82, 2.24) is 5.32 Å². The molecular formula is C10H15N3O. The minimum absolute atomic E-state index is 0.0527. The van der Waals surface area contributed by atoms with Gasteiger partial charge in [0.2, 0.25) is 0 Å². The minimum Gasteiger partial charge on any atom is -0.352 e. The van der Waals surface area contributed by atoms with E-state index in [-0.39, 0.29) is 6.04 Å². The molecule has 0 aliphatic heterocycles. The molecule has 76 valence electrons. The Hall–Kier alpha value is -1.55. The van der Waals surface area contributed by atoms with Crippen LogP contribution >= 0.6 is 0 Å². The van der Waals surface area contributed by atoms with Gasteiger partial charge >= 0.3 is 6.03 Å². The van der Waals surface area contributed by atoms with Crippen LogP contribution < -0.4 is 16.8 Å². The maximum Gasteiger partial charge on any atom is 0.312 e. The molecule has 2 amide bonds. The van der Waals surface area contributed by atoms with Gasteiger partial charge in [-0.2, -0.15) is 0 Å². The van der Waals surface area contributed by atoms with E-state index in [1.54, 1.807) is 0 Å². The molecule has 14 heavy (non-hydrogen) atoms. The Kier molecular flexibility index (Phi) is 3.94. The summed E-state index contributed by atoms with van der Waals surface area (Å²) in [5.74, 6) is 0. The van der Waals surface area contributed by atoms with Gasteiger partial charge in [-0.3, -0.25) is 0 Å². The predicted octanol–water partition coefficient (Wildman–Crippen LogP) is 0.745. The average Bonchev–Trinajstić information content (AvgIpc) is 2.18. The summed E-state index contributed by atoms with van der Waals surface area (Å²) in [5.41, 5.74) is 11.9. The number of carbonyl (C=O) groups is 1. The number of amides is 2. The van der Waals surface area contributed by atoms with Crippen LogP contribution in [-0.2, 0) is 0 Å². The fourth-order valence-electron chi connectivity index (χ4n) is 1.22. The van der Waals surface area contributed by atoms with Gasteiger partial charge in [-0.05, 0) is 12.0 Å². The van der Waals surface area contributed by atoms with Gasteiger partial charge in [-0.1, -0.05) is 30.3 Å². The molecular weight excluding hydrogens is 178 g/mol. The Balaban J connectivity index is 2.36. The monoisotopic (exact) mass is 193 g/mol. The van der Waals surface area contributed by atoms with Crippen LogP contribution in [0, 0.1) is 0 Å². The van der Waals surface area contributed by atoms with Gasteiger partial charge in [0.15, 0.2) is 0 Å². The summed E-state index contributed by atoms with van der Waals surface area (Å²) in [5, 5.41) is 2.51. The van der Waals surface area contributed by atoms with Gasteiger partial charge in [0.1, 0.15) is 0 Å². The molecule has 0 aromatic heterocycles. The standard InChI is InChI=1S/C10H15N3O/c11-9(6-7-13-10(12)14)8-4-2-1-3-5-8/h1-5,9H,6-7,11H2,(H3,12,13,14). The molecule has 0 spiro atoms. The first-order chi connectivity index (χ1) is 6.70. The average molecular weight is 193 g/mol. The lowest BCUT2D eigenvalue weighted by atomic mass is 10.1. The van der Waals surface area contributed by atoms with Crippen LogP contribution in [0.1, 0.15) is 18.0 Å². The fraction of sp³-hybridized carbons (Fsp3) is 0.300. The van der Waals surface area contributed by atoms with Gasteiger partial charge in [-0.15, -0.1) is 0 Å². The van der Waals surface area contributed by atoms with E-state index < -0.39 is 6.03 Å². The molecule has 0 saturated carbocycles. The van der Waals surface area contributed by atoms with E-state index in [2.05, 4.69) is 5.32 Å². The highest BCUT2D eigenvalue weighted by atomic mass is 16.2. The second-order valence-corrected chi connectivity index (χ2v) is 3.10. The van der Waals surface area contributed by atoms with Gasteiger partial charge < -0.3 is 16.8 Å². The minimum atomic E-state index is -0.509. The third-order valence-electron chi connectivity index (χ3n) is 1.98. The van der Waals surface area contributed by atoms with Gasteiger partial charge in [0, 0.05) is 12.6 Å². The molecule has 1 rings (SSSR count). The second-order valence-electron chi connectivity index (χ2n) is 3.10. The zero-order chi connectivity index (χ0) is 10.4. The van der Waals surface area contributed by atoms with Crippen molar-refractivity contribution in [3.8, 4) is 0 Å². The van der Waals surface area contributed by atoms with E-state index in [1.807, 2.05) is 30.3 Å². The molecule has 0 heterocycles. The molecule has 0 bridgehead atoms. The summed E-state index contributed by atoms with van der Waals surface area (Å²) < 4.78 is 0. The summed E-state index contributed by atoms with van der Waals surface area (Å²) in [4.78, 5) is 10.4. The Morgan fingerprint density at radius 1 is 1.36 bits per heavy atom. The number of urea groups is 1. The topological polar surface area (TPSA) is 81.1 Å². The third-order valence-corrected chi connectivity index (χ3v) is 1.98. The fourth-order valence-corrected chi connectivity index (χ4v) is 1.22. The summed E-state index contributed by atoms with van der Waals surface area (Å²) in [6, 6.07) is 9.20. The van der Waals surface area contributed by atoms with Crippen molar-refractivity contribution in [3.05, 3.63) is 35.9 Å². The van der Waals surface area contributed by atoms with Crippen molar-refractivity contribution in [2.45, 2.75) is 12.5 Å². The Morgan fingerprint density at radius 3 is 2.57 bits per heavy atom. The van der Waals surface area contributed by atoms with Crippen LogP contribution in [0.15, 0.2) is 30.3 Å². The molecule has 1 aromatic rings. The third kappa shape index (κ3) is 3.45. The van der Waals surface area contributed by atoms with Crippen LogP contribution in [0.4, 0.5) is 4.79 Å². The van der Waals surface area contributed by atoms with Crippen molar-refractivity contribution in [2.24, 2.45) is 11.5 Å². The number of carbonyl (C=O) groups excluding carboxylic acids is 1. The van der Waals surface area contributed by atoms with E-state index in [4.69, 9.17) is 11.5 Å². The van der Waals surface area contributed by atoms with Crippen molar-refractivity contribution in [3.63, 3.8) is 0 Å². The Labute approximate surface area is 83.3 Å². The maximum atomic E-state index is 10.4. The lowest BCUT2D eigenvalue weighted by Crippen LogP contribution is -2.31. The van der Waals surface area contributed by atoms with Crippen molar-refractivity contribution in [2.75, 3.05) is 6.54 Å². The first kappa shape index (κ1) is 10.5. The van der Waals surface area contributed by atoms with Gasteiger partial charge in [-0.25, -0.2) is 4.79 Å². The number of benzene rings is 1. The van der Waals surface area contributed by atoms with Crippen LogP contribution in [0.2, 0.25) is 0 Å². The van der Waals surface area contributed by atoms with Crippen LogP contribution in [-0.4, -0.2) is 12.6 Å². The van der Waals surface area contributed by atoms with Crippen molar-refractivity contribution >= 4 is 6.03 Å². The van der Waals surface area contributed by atoms with E-state index in [0.717, 1.165) is 5.56 Å².